The van der Waals surface area contributed by atoms with Crippen molar-refractivity contribution in [1.82, 2.24) is 0 Å². The Morgan fingerprint density at radius 2 is 1.95 bits per heavy atom. The number of carboxylic acids is 1. The highest BCUT2D eigenvalue weighted by Crippen LogP contribution is 2.23. The fourth-order valence-corrected chi connectivity index (χ4v) is 1.93. The minimum Gasteiger partial charge on any atom is -0.497 e. The van der Waals surface area contributed by atoms with Gasteiger partial charge < -0.3 is 9.84 Å². The predicted octanol–water partition coefficient (Wildman–Crippen LogP) is 3.19. The van der Waals surface area contributed by atoms with Crippen LogP contribution in [0.3, 0.4) is 0 Å². The molecule has 0 saturated heterocycles. The van der Waals surface area contributed by atoms with Crippen LogP contribution < -0.4 is 4.74 Å². The summed E-state index contributed by atoms with van der Waals surface area (Å²) < 4.78 is 5.12. The lowest BCUT2D eigenvalue weighted by Crippen LogP contribution is -2.00. The third kappa shape index (κ3) is 3.28. The number of aliphatic carboxylic acids is 1. The molecule has 0 fully saturated rings. The van der Waals surface area contributed by atoms with Crippen molar-refractivity contribution < 1.29 is 14.6 Å². The zero-order valence-electron chi connectivity index (χ0n) is 11.4. The molecular weight excluding hydrogens is 266 g/mol. The number of rotatable bonds is 4. The Morgan fingerprint density at radius 1 is 1.24 bits per heavy atom. The number of carboxylic acid groups (broad SMARTS) is 1. The largest absolute Gasteiger partial charge is 0.497 e. The lowest BCUT2D eigenvalue weighted by Gasteiger charge is -2.06. The van der Waals surface area contributed by atoms with Gasteiger partial charge in [-0.15, -0.1) is 0 Å². The maximum atomic E-state index is 11.5. The Hall–Kier alpha value is -3.06. The SMILES string of the molecule is COc1ccc(C#N)c(/C=C(/C(=O)O)c2ccccc2)c1. The average molecular weight is 279 g/mol. The molecule has 4 heteroatoms. The first-order chi connectivity index (χ1) is 10.2. The Morgan fingerprint density at radius 3 is 2.52 bits per heavy atom. The van der Waals surface area contributed by atoms with Gasteiger partial charge in [0.2, 0.25) is 0 Å². The maximum Gasteiger partial charge on any atom is 0.336 e. The van der Waals surface area contributed by atoms with E-state index in [-0.39, 0.29) is 5.57 Å². The molecule has 0 radical (unpaired) electrons. The van der Waals surface area contributed by atoms with Crippen LogP contribution in [-0.4, -0.2) is 18.2 Å². The minimum atomic E-state index is -1.05. The summed E-state index contributed by atoms with van der Waals surface area (Å²) >= 11 is 0. The Labute approximate surface area is 122 Å². The fraction of sp³-hybridized carbons (Fsp3) is 0.0588. The molecule has 21 heavy (non-hydrogen) atoms. The van der Waals surface area contributed by atoms with Crippen LogP contribution in [0.15, 0.2) is 48.5 Å². The van der Waals surface area contributed by atoms with Gasteiger partial charge in [0, 0.05) is 0 Å². The van der Waals surface area contributed by atoms with Gasteiger partial charge in [0.15, 0.2) is 0 Å². The van der Waals surface area contributed by atoms with Crippen LogP contribution in [0.25, 0.3) is 11.6 Å². The van der Waals surface area contributed by atoms with Crippen LogP contribution in [0.2, 0.25) is 0 Å². The van der Waals surface area contributed by atoms with E-state index >= 15 is 0 Å². The molecule has 0 aliphatic rings. The Bertz CT molecular complexity index is 727. The molecule has 0 aliphatic carbocycles. The predicted molar refractivity (Wildman–Crippen MR) is 79.7 cm³/mol. The second-order valence-electron chi connectivity index (χ2n) is 4.29. The normalized spacial score (nSPS) is 10.8. The number of carbonyl (C=O) groups is 1. The summed E-state index contributed by atoms with van der Waals surface area (Å²) in [6, 6.07) is 15.7. The van der Waals surface area contributed by atoms with Crippen molar-refractivity contribution in [1.29, 1.82) is 5.26 Å². The van der Waals surface area contributed by atoms with Crippen molar-refractivity contribution in [2.45, 2.75) is 0 Å². The van der Waals surface area contributed by atoms with Crippen molar-refractivity contribution in [2.75, 3.05) is 7.11 Å². The lowest BCUT2D eigenvalue weighted by molar-refractivity contribution is -0.130. The summed E-state index contributed by atoms with van der Waals surface area (Å²) in [4.78, 5) is 11.5. The molecule has 0 unspecified atom stereocenters. The maximum absolute atomic E-state index is 11.5. The van der Waals surface area contributed by atoms with Gasteiger partial charge in [-0.05, 0) is 35.4 Å². The van der Waals surface area contributed by atoms with Gasteiger partial charge >= 0.3 is 5.97 Å². The lowest BCUT2D eigenvalue weighted by atomic mass is 10.00. The van der Waals surface area contributed by atoms with Crippen LogP contribution in [0, 0.1) is 11.3 Å². The summed E-state index contributed by atoms with van der Waals surface area (Å²) in [5, 5.41) is 18.5. The number of nitrogens with zero attached hydrogens (tertiary/aromatic N) is 1. The van der Waals surface area contributed by atoms with Gasteiger partial charge in [-0.3, -0.25) is 0 Å². The molecule has 2 aromatic carbocycles. The van der Waals surface area contributed by atoms with E-state index in [0.717, 1.165) is 0 Å². The molecule has 104 valence electrons. The molecule has 0 amide bonds. The fourth-order valence-electron chi connectivity index (χ4n) is 1.93. The molecule has 2 rings (SSSR count). The number of hydrogen-bond acceptors (Lipinski definition) is 3. The first-order valence-electron chi connectivity index (χ1n) is 6.24. The molecule has 0 spiro atoms. The molecular formula is C17H13NO3. The molecule has 0 bridgehead atoms. The quantitative estimate of drug-likeness (QED) is 0.689. The smallest absolute Gasteiger partial charge is 0.336 e. The van der Waals surface area contributed by atoms with Gasteiger partial charge in [0.1, 0.15) is 5.75 Å². The number of nitriles is 1. The van der Waals surface area contributed by atoms with Crippen LogP contribution in [0.4, 0.5) is 0 Å². The highest BCUT2D eigenvalue weighted by molar-refractivity contribution is 6.20. The van der Waals surface area contributed by atoms with E-state index < -0.39 is 5.97 Å². The first kappa shape index (κ1) is 14.4. The van der Waals surface area contributed by atoms with E-state index in [1.807, 2.05) is 12.1 Å². The van der Waals surface area contributed by atoms with Crippen LogP contribution >= 0.6 is 0 Å². The molecule has 0 atom stereocenters. The van der Waals surface area contributed by atoms with E-state index in [1.165, 1.54) is 13.2 Å². The van der Waals surface area contributed by atoms with Crippen LogP contribution in [0.1, 0.15) is 16.7 Å². The van der Waals surface area contributed by atoms with E-state index in [0.29, 0.717) is 22.4 Å². The van der Waals surface area contributed by atoms with Crippen molar-refractivity contribution in [3.05, 3.63) is 65.2 Å². The second kappa shape index (κ2) is 6.40. The molecule has 0 heterocycles. The van der Waals surface area contributed by atoms with Gasteiger partial charge in [-0.1, -0.05) is 30.3 Å². The van der Waals surface area contributed by atoms with Gasteiger partial charge in [-0.2, -0.15) is 5.26 Å². The van der Waals surface area contributed by atoms with Crippen molar-refractivity contribution in [3.8, 4) is 11.8 Å². The van der Waals surface area contributed by atoms with Gasteiger partial charge in [-0.25, -0.2) is 4.79 Å². The molecule has 2 aromatic rings. The molecule has 0 aliphatic heterocycles. The van der Waals surface area contributed by atoms with Crippen molar-refractivity contribution in [2.24, 2.45) is 0 Å². The number of hydrogen-bond donors (Lipinski definition) is 1. The van der Waals surface area contributed by atoms with E-state index in [2.05, 4.69) is 0 Å². The minimum absolute atomic E-state index is 0.125. The topological polar surface area (TPSA) is 70.3 Å². The Balaban J connectivity index is 2.58. The Kier molecular flexibility index (Phi) is 4.37. The summed E-state index contributed by atoms with van der Waals surface area (Å²) in [7, 11) is 1.52. The molecule has 1 N–H and O–H groups in total. The zero-order chi connectivity index (χ0) is 15.2. The van der Waals surface area contributed by atoms with Crippen LogP contribution in [0.5, 0.6) is 5.75 Å². The highest BCUT2D eigenvalue weighted by atomic mass is 16.5. The third-order valence-electron chi connectivity index (χ3n) is 2.99. The van der Waals surface area contributed by atoms with E-state index in [1.54, 1.807) is 42.5 Å². The summed E-state index contributed by atoms with van der Waals surface area (Å²) in [6.45, 7) is 0. The van der Waals surface area contributed by atoms with E-state index in [9.17, 15) is 9.90 Å². The standard InChI is InChI=1S/C17H13NO3/c1-21-15-8-7-13(11-18)14(9-15)10-16(17(19)20)12-5-3-2-4-6-12/h2-10H,1H3,(H,19,20)/b16-10+. The summed E-state index contributed by atoms with van der Waals surface area (Å²) in [5.41, 5.74) is 1.61. The monoisotopic (exact) mass is 279 g/mol. The summed E-state index contributed by atoms with van der Waals surface area (Å²) in [5.74, 6) is -0.481. The van der Waals surface area contributed by atoms with Crippen molar-refractivity contribution in [3.63, 3.8) is 0 Å². The number of benzene rings is 2. The second-order valence-corrected chi connectivity index (χ2v) is 4.29. The van der Waals surface area contributed by atoms with Crippen molar-refractivity contribution >= 4 is 17.6 Å². The molecule has 0 aromatic heterocycles. The zero-order valence-corrected chi connectivity index (χ0v) is 11.4. The summed E-state index contributed by atoms with van der Waals surface area (Å²) in [6.07, 6.45) is 1.48. The number of methoxy groups -OCH3 is 1. The van der Waals surface area contributed by atoms with Crippen LogP contribution in [-0.2, 0) is 4.79 Å². The first-order valence-corrected chi connectivity index (χ1v) is 6.24. The van der Waals surface area contributed by atoms with E-state index in [4.69, 9.17) is 10.00 Å². The molecule has 4 nitrogen and oxygen atoms in total. The number of ether oxygens (including phenoxy) is 1. The third-order valence-corrected chi connectivity index (χ3v) is 2.99. The average Bonchev–Trinajstić information content (AvgIpc) is 2.52. The molecule has 0 saturated carbocycles. The van der Waals surface area contributed by atoms with Gasteiger partial charge in [0.25, 0.3) is 0 Å². The highest BCUT2D eigenvalue weighted by Gasteiger charge is 2.12. The van der Waals surface area contributed by atoms with Gasteiger partial charge in [0.05, 0.1) is 24.3 Å².